The quantitative estimate of drug-likeness (QED) is 0.616. The van der Waals surface area contributed by atoms with E-state index in [2.05, 4.69) is 6.07 Å². The Kier molecular flexibility index (Phi) is 6.39. The van der Waals surface area contributed by atoms with E-state index in [9.17, 15) is 13.2 Å². The van der Waals surface area contributed by atoms with E-state index < -0.39 is 10.0 Å². The van der Waals surface area contributed by atoms with Crippen LogP contribution in [0.2, 0.25) is 5.02 Å². The lowest BCUT2D eigenvalue weighted by Crippen LogP contribution is -2.44. The Hall–Kier alpha value is -1.61. The smallest absolute Gasteiger partial charge is 0.243 e. The van der Waals surface area contributed by atoms with Crippen LogP contribution in [0.1, 0.15) is 30.6 Å². The molecule has 2 aliphatic rings. The molecule has 1 aliphatic carbocycles. The Morgan fingerprint density at radius 1 is 1.23 bits per heavy atom. The lowest BCUT2D eigenvalue weighted by molar-refractivity contribution is -0.138. The second-order valence-corrected chi connectivity index (χ2v) is 11.1. The molecule has 1 amide bonds. The Morgan fingerprint density at radius 3 is 2.53 bits per heavy atom. The van der Waals surface area contributed by atoms with Crippen molar-refractivity contribution >= 4 is 38.9 Å². The summed E-state index contributed by atoms with van der Waals surface area (Å²) in [6, 6.07) is 8.88. The van der Waals surface area contributed by atoms with E-state index in [0.717, 1.165) is 12.8 Å². The Labute approximate surface area is 186 Å². The number of carbonyl (C=O) groups excluding carboxylic acids is 1. The van der Waals surface area contributed by atoms with Crippen molar-refractivity contribution in [3.63, 3.8) is 0 Å². The number of thiophene rings is 1. The first-order chi connectivity index (χ1) is 14.4. The zero-order valence-corrected chi connectivity index (χ0v) is 19.2. The summed E-state index contributed by atoms with van der Waals surface area (Å²) in [5.74, 6) is 0.470. The van der Waals surface area contributed by atoms with Crippen LogP contribution < -0.4 is 4.74 Å². The predicted molar refractivity (Wildman–Crippen MR) is 117 cm³/mol. The number of nitrogens with zero attached hydrogens (tertiary/aromatic N) is 2. The van der Waals surface area contributed by atoms with Gasteiger partial charge < -0.3 is 9.64 Å². The molecule has 162 valence electrons. The van der Waals surface area contributed by atoms with Crippen LogP contribution in [0.3, 0.4) is 0 Å². The minimum atomic E-state index is -3.65. The Balaban J connectivity index is 1.41. The van der Waals surface area contributed by atoms with Gasteiger partial charge in [-0.2, -0.15) is 4.31 Å². The van der Waals surface area contributed by atoms with Gasteiger partial charge in [-0.1, -0.05) is 17.7 Å². The molecule has 9 heteroatoms. The van der Waals surface area contributed by atoms with Crippen molar-refractivity contribution in [2.45, 2.75) is 43.2 Å². The van der Waals surface area contributed by atoms with E-state index in [1.54, 1.807) is 17.4 Å². The minimum Gasteiger partial charge on any atom is -0.495 e. The highest BCUT2D eigenvalue weighted by molar-refractivity contribution is 7.89. The molecule has 0 N–H and O–H groups in total. The van der Waals surface area contributed by atoms with E-state index in [1.165, 1.54) is 28.4 Å². The van der Waals surface area contributed by atoms with Gasteiger partial charge in [-0.05, 0) is 55.3 Å². The summed E-state index contributed by atoms with van der Waals surface area (Å²) in [7, 11) is -2.17. The molecule has 0 bridgehead atoms. The fraction of sp³-hybridized carbons (Fsp3) is 0.476. The largest absolute Gasteiger partial charge is 0.495 e. The number of piperidine rings is 1. The van der Waals surface area contributed by atoms with Crippen LogP contribution in [-0.4, -0.2) is 49.8 Å². The zero-order chi connectivity index (χ0) is 21.3. The van der Waals surface area contributed by atoms with Crippen molar-refractivity contribution in [3.8, 4) is 5.75 Å². The molecule has 0 atom stereocenters. The number of benzene rings is 1. The molecule has 6 nitrogen and oxygen atoms in total. The number of hydrogen-bond acceptors (Lipinski definition) is 5. The molecule has 0 radical (unpaired) electrons. The third-order valence-electron chi connectivity index (χ3n) is 5.74. The maximum absolute atomic E-state index is 13.2. The van der Waals surface area contributed by atoms with Crippen LogP contribution >= 0.6 is 22.9 Å². The van der Waals surface area contributed by atoms with E-state index in [-0.39, 0.29) is 21.7 Å². The number of ether oxygens (including phenoxy) is 1. The average molecular weight is 469 g/mol. The third-order valence-corrected chi connectivity index (χ3v) is 8.79. The van der Waals surface area contributed by atoms with E-state index in [4.69, 9.17) is 16.3 Å². The first-order valence-electron chi connectivity index (χ1n) is 10.1. The number of hydrogen-bond donors (Lipinski definition) is 0. The molecule has 2 aromatic rings. The highest BCUT2D eigenvalue weighted by atomic mass is 35.5. The van der Waals surface area contributed by atoms with Crippen LogP contribution in [0.5, 0.6) is 5.75 Å². The van der Waals surface area contributed by atoms with Crippen LogP contribution in [0.4, 0.5) is 0 Å². The molecule has 2 fully saturated rings. The fourth-order valence-corrected chi connectivity index (χ4v) is 6.40. The van der Waals surface area contributed by atoms with Gasteiger partial charge >= 0.3 is 0 Å². The molecule has 1 saturated carbocycles. The van der Waals surface area contributed by atoms with Crippen LogP contribution in [0.15, 0.2) is 40.6 Å². The Morgan fingerprint density at radius 2 is 1.97 bits per heavy atom. The fourth-order valence-electron chi connectivity index (χ4n) is 3.88. The average Bonchev–Trinajstić information content (AvgIpc) is 3.46. The summed E-state index contributed by atoms with van der Waals surface area (Å²) in [5, 5.41) is 2.29. The lowest BCUT2D eigenvalue weighted by Gasteiger charge is -2.33. The first-order valence-corrected chi connectivity index (χ1v) is 12.8. The molecule has 30 heavy (non-hydrogen) atoms. The van der Waals surface area contributed by atoms with Crippen molar-refractivity contribution in [3.05, 3.63) is 45.6 Å². The summed E-state index contributed by atoms with van der Waals surface area (Å²) in [5.41, 5.74) is 0. The summed E-state index contributed by atoms with van der Waals surface area (Å²) in [6.45, 7) is 1.32. The monoisotopic (exact) mass is 468 g/mol. The zero-order valence-electron chi connectivity index (χ0n) is 16.8. The van der Waals surface area contributed by atoms with Crippen molar-refractivity contribution in [2.75, 3.05) is 20.2 Å². The van der Waals surface area contributed by atoms with Gasteiger partial charge in [-0.15, -0.1) is 11.3 Å². The summed E-state index contributed by atoms with van der Waals surface area (Å²) in [4.78, 5) is 16.5. The van der Waals surface area contributed by atoms with Crippen molar-refractivity contribution < 1.29 is 17.9 Å². The second kappa shape index (κ2) is 8.86. The van der Waals surface area contributed by atoms with E-state index in [0.29, 0.717) is 44.3 Å². The molecule has 0 spiro atoms. The number of rotatable bonds is 7. The van der Waals surface area contributed by atoms with Crippen LogP contribution in [0.25, 0.3) is 0 Å². The summed E-state index contributed by atoms with van der Waals surface area (Å²) in [6.07, 6.45) is 3.19. The maximum atomic E-state index is 13.2. The molecule has 4 rings (SSSR count). The van der Waals surface area contributed by atoms with Gasteiger partial charge in [0.15, 0.2) is 0 Å². The third kappa shape index (κ3) is 4.51. The van der Waals surface area contributed by atoms with Gasteiger partial charge in [-0.25, -0.2) is 8.42 Å². The number of halogens is 1. The molecule has 1 aromatic heterocycles. The van der Waals surface area contributed by atoms with Gasteiger partial charge in [-0.3, -0.25) is 4.79 Å². The van der Waals surface area contributed by atoms with Crippen molar-refractivity contribution in [1.29, 1.82) is 0 Å². The summed E-state index contributed by atoms with van der Waals surface area (Å²) < 4.78 is 32.6. The second-order valence-electron chi connectivity index (χ2n) is 7.75. The van der Waals surface area contributed by atoms with E-state index in [1.807, 2.05) is 16.3 Å². The molecular weight excluding hydrogens is 444 g/mol. The highest BCUT2D eigenvalue weighted by Gasteiger charge is 2.38. The molecule has 0 unspecified atom stereocenters. The van der Waals surface area contributed by atoms with Crippen LogP contribution in [-0.2, 0) is 21.4 Å². The minimum absolute atomic E-state index is 0.128. The predicted octanol–water partition coefficient (Wildman–Crippen LogP) is 4.00. The normalized spacial score (nSPS) is 18.3. The standard InChI is InChI=1S/C21H25ClN2O4S2/c1-28-20-7-6-18(13-19(20)22)30(26,27)23-10-8-15(9-11-23)21(25)24(16-4-5-16)14-17-3-2-12-29-17/h2-3,6-7,12-13,15-16H,4-5,8-11,14H2,1H3. The number of amides is 1. The van der Waals surface area contributed by atoms with Gasteiger partial charge in [0.2, 0.25) is 15.9 Å². The van der Waals surface area contributed by atoms with Gasteiger partial charge in [0.1, 0.15) is 5.75 Å². The molecule has 2 heterocycles. The van der Waals surface area contributed by atoms with Gasteiger partial charge in [0.25, 0.3) is 0 Å². The topological polar surface area (TPSA) is 66.9 Å². The molecule has 1 saturated heterocycles. The highest BCUT2D eigenvalue weighted by Crippen LogP contribution is 2.34. The van der Waals surface area contributed by atoms with Gasteiger partial charge in [0, 0.05) is 29.9 Å². The van der Waals surface area contributed by atoms with E-state index >= 15 is 0 Å². The molecule has 1 aromatic carbocycles. The lowest BCUT2D eigenvalue weighted by atomic mass is 9.96. The molecular formula is C21H25ClN2O4S2. The van der Waals surface area contributed by atoms with Crippen molar-refractivity contribution in [2.24, 2.45) is 5.92 Å². The SMILES string of the molecule is COc1ccc(S(=O)(=O)N2CCC(C(=O)N(Cc3cccs3)C3CC3)CC2)cc1Cl. The maximum Gasteiger partial charge on any atom is 0.243 e. The molecule has 1 aliphatic heterocycles. The number of carbonyl (C=O) groups is 1. The van der Waals surface area contributed by atoms with Crippen LogP contribution in [0, 0.1) is 5.92 Å². The number of sulfonamides is 1. The number of methoxy groups -OCH3 is 1. The van der Waals surface area contributed by atoms with Gasteiger partial charge in [0.05, 0.1) is 23.6 Å². The van der Waals surface area contributed by atoms with Crippen molar-refractivity contribution in [1.82, 2.24) is 9.21 Å². The first kappa shape index (κ1) is 21.6. The Bertz CT molecular complexity index is 998. The summed E-state index contributed by atoms with van der Waals surface area (Å²) >= 11 is 7.77.